The molecule has 0 radical (unpaired) electrons. The SMILES string of the molecule is COc1cnn(C)c1C(O)Cc1ccncc1. The third-order valence-corrected chi connectivity index (χ3v) is 2.66. The summed E-state index contributed by atoms with van der Waals surface area (Å²) in [5, 5.41) is 14.3. The average molecular weight is 233 g/mol. The van der Waals surface area contributed by atoms with Crippen LogP contribution in [0.1, 0.15) is 17.4 Å². The molecule has 0 fully saturated rings. The van der Waals surface area contributed by atoms with Crippen LogP contribution in [0, 0.1) is 0 Å². The number of hydrogen-bond acceptors (Lipinski definition) is 4. The molecule has 0 bridgehead atoms. The quantitative estimate of drug-likeness (QED) is 0.859. The monoisotopic (exact) mass is 233 g/mol. The molecular weight excluding hydrogens is 218 g/mol. The van der Waals surface area contributed by atoms with E-state index < -0.39 is 6.10 Å². The van der Waals surface area contributed by atoms with Crippen molar-refractivity contribution in [2.75, 3.05) is 7.11 Å². The molecule has 0 aliphatic carbocycles. The highest BCUT2D eigenvalue weighted by molar-refractivity contribution is 5.28. The highest BCUT2D eigenvalue weighted by atomic mass is 16.5. The number of hydrogen-bond donors (Lipinski definition) is 1. The van der Waals surface area contributed by atoms with Gasteiger partial charge in [-0.05, 0) is 17.7 Å². The van der Waals surface area contributed by atoms with Crippen molar-refractivity contribution in [3.63, 3.8) is 0 Å². The normalized spacial score (nSPS) is 12.4. The zero-order chi connectivity index (χ0) is 12.3. The van der Waals surface area contributed by atoms with Crippen LogP contribution in [0.15, 0.2) is 30.7 Å². The number of pyridine rings is 1. The van der Waals surface area contributed by atoms with Crippen LogP contribution in [0.25, 0.3) is 0 Å². The zero-order valence-corrected chi connectivity index (χ0v) is 9.87. The van der Waals surface area contributed by atoms with Crippen LogP contribution >= 0.6 is 0 Å². The first-order chi connectivity index (χ1) is 8.22. The number of aliphatic hydroxyl groups is 1. The van der Waals surface area contributed by atoms with E-state index in [0.717, 1.165) is 5.56 Å². The smallest absolute Gasteiger partial charge is 0.162 e. The maximum absolute atomic E-state index is 10.2. The van der Waals surface area contributed by atoms with E-state index in [4.69, 9.17) is 4.74 Å². The Morgan fingerprint density at radius 1 is 1.41 bits per heavy atom. The van der Waals surface area contributed by atoms with Gasteiger partial charge in [-0.2, -0.15) is 5.10 Å². The largest absolute Gasteiger partial charge is 0.493 e. The van der Waals surface area contributed by atoms with Crippen LogP contribution in [0.2, 0.25) is 0 Å². The highest BCUT2D eigenvalue weighted by Crippen LogP contribution is 2.26. The molecular formula is C12H15N3O2. The fourth-order valence-corrected chi connectivity index (χ4v) is 1.80. The molecule has 2 aromatic heterocycles. The Labute approximate surface area is 99.7 Å². The van der Waals surface area contributed by atoms with E-state index in [1.807, 2.05) is 12.1 Å². The molecule has 1 atom stereocenters. The van der Waals surface area contributed by atoms with Gasteiger partial charge in [-0.3, -0.25) is 9.67 Å². The molecule has 0 aliphatic rings. The number of aryl methyl sites for hydroxylation is 1. The molecule has 0 aliphatic heterocycles. The van der Waals surface area contributed by atoms with Crippen molar-refractivity contribution in [1.29, 1.82) is 0 Å². The second kappa shape index (κ2) is 4.97. The van der Waals surface area contributed by atoms with Gasteiger partial charge in [0.15, 0.2) is 5.75 Å². The fourth-order valence-electron chi connectivity index (χ4n) is 1.80. The molecule has 0 aromatic carbocycles. The molecule has 5 nitrogen and oxygen atoms in total. The van der Waals surface area contributed by atoms with Crippen molar-refractivity contribution in [2.45, 2.75) is 12.5 Å². The molecule has 1 N–H and O–H groups in total. The number of aliphatic hydroxyl groups excluding tert-OH is 1. The number of aromatic nitrogens is 3. The van der Waals surface area contributed by atoms with E-state index in [0.29, 0.717) is 17.9 Å². The predicted octanol–water partition coefficient (Wildman–Crippen LogP) is 1.10. The van der Waals surface area contributed by atoms with E-state index in [2.05, 4.69) is 10.1 Å². The summed E-state index contributed by atoms with van der Waals surface area (Å²) in [5.74, 6) is 0.606. The molecule has 0 amide bonds. The van der Waals surface area contributed by atoms with E-state index >= 15 is 0 Å². The van der Waals surface area contributed by atoms with Crippen LogP contribution in [0.5, 0.6) is 5.75 Å². The van der Waals surface area contributed by atoms with E-state index in [1.165, 1.54) is 0 Å². The minimum Gasteiger partial charge on any atom is -0.493 e. The van der Waals surface area contributed by atoms with Crippen molar-refractivity contribution in [3.05, 3.63) is 42.0 Å². The Morgan fingerprint density at radius 2 is 2.12 bits per heavy atom. The number of methoxy groups -OCH3 is 1. The Hall–Kier alpha value is -1.88. The van der Waals surface area contributed by atoms with Gasteiger partial charge in [-0.15, -0.1) is 0 Å². The minimum atomic E-state index is -0.639. The Bertz CT molecular complexity index is 482. The summed E-state index contributed by atoms with van der Waals surface area (Å²) in [5.41, 5.74) is 1.71. The highest BCUT2D eigenvalue weighted by Gasteiger charge is 2.18. The van der Waals surface area contributed by atoms with Gasteiger partial charge in [-0.1, -0.05) is 0 Å². The topological polar surface area (TPSA) is 60.2 Å². The molecule has 1 unspecified atom stereocenters. The third kappa shape index (κ3) is 2.45. The van der Waals surface area contributed by atoms with E-state index in [1.54, 1.807) is 37.4 Å². The van der Waals surface area contributed by atoms with Crippen molar-refractivity contribution < 1.29 is 9.84 Å². The van der Waals surface area contributed by atoms with Gasteiger partial charge < -0.3 is 9.84 Å². The van der Waals surface area contributed by atoms with E-state index in [9.17, 15) is 5.11 Å². The molecule has 2 heterocycles. The summed E-state index contributed by atoms with van der Waals surface area (Å²) < 4.78 is 6.80. The molecule has 90 valence electrons. The van der Waals surface area contributed by atoms with Gasteiger partial charge >= 0.3 is 0 Å². The first-order valence-corrected chi connectivity index (χ1v) is 5.35. The summed E-state index contributed by atoms with van der Waals surface area (Å²) in [6.07, 6.45) is 4.90. The zero-order valence-electron chi connectivity index (χ0n) is 9.87. The lowest BCUT2D eigenvalue weighted by Gasteiger charge is -2.12. The number of ether oxygens (including phenoxy) is 1. The van der Waals surface area contributed by atoms with Gasteiger partial charge in [-0.25, -0.2) is 0 Å². The lowest BCUT2D eigenvalue weighted by Crippen LogP contribution is -2.09. The van der Waals surface area contributed by atoms with Gasteiger partial charge in [0, 0.05) is 25.9 Å². The molecule has 5 heteroatoms. The summed E-state index contributed by atoms with van der Waals surface area (Å²) >= 11 is 0. The lowest BCUT2D eigenvalue weighted by molar-refractivity contribution is 0.164. The summed E-state index contributed by atoms with van der Waals surface area (Å²) in [7, 11) is 3.35. The molecule has 17 heavy (non-hydrogen) atoms. The molecule has 2 rings (SSSR count). The van der Waals surface area contributed by atoms with Gasteiger partial charge in [0.1, 0.15) is 11.8 Å². The third-order valence-electron chi connectivity index (χ3n) is 2.66. The predicted molar refractivity (Wildman–Crippen MR) is 62.7 cm³/mol. The van der Waals surface area contributed by atoms with Gasteiger partial charge in [0.2, 0.25) is 0 Å². The van der Waals surface area contributed by atoms with Crippen LogP contribution in [-0.4, -0.2) is 27.0 Å². The van der Waals surface area contributed by atoms with Crippen molar-refractivity contribution in [1.82, 2.24) is 14.8 Å². The first-order valence-electron chi connectivity index (χ1n) is 5.35. The van der Waals surface area contributed by atoms with Crippen molar-refractivity contribution >= 4 is 0 Å². The molecule has 0 spiro atoms. The summed E-state index contributed by atoms with van der Waals surface area (Å²) in [4.78, 5) is 3.94. The van der Waals surface area contributed by atoms with Crippen LogP contribution in [0.3, 0.4) is 0 Å². The Kier molecular flexibility index (Phi) is 3.39. The van der Waals surface area contributed by atoms with Crippen LogP contribution in [-0.2, 0) is 13.5 Å². The number of nitrogens with zero attached hydrogens (tertiary/aromatic N) is 3. The van der Waals surface area contributed by atoms with Crippen LogP contribution < -0.4 is 4.74 Å². The first kappa shape index (κ1) is 11.6. The molecule has 0 saturated carbocycles. The minimum absolute atomic E-state index is 0.512. The maximum atomic E-state index is 10.2. The fraction of sp³-hybridized carbons (Fsp3) is 0.333. The Morgan fingerprint density at radius 3 is 2.76 bits per heavy atom. The van der Waals surface area contributed by atoms with E-state index in [-0.39, 0.29) is 0 Å². The standard InChI is InChI=1S/C12H15N3O2/c1-15-12(11(17-2)8-14-15)10(16)7-9-3-5-13-6-4-9/h3-6,8,10,16H,7H2,1-2H3. The molecule has 0 saturated heterocycles. The summed E-state index contributed by atoms with van der Waals surface area (Å²) in [6, 6.07) is 3.76. The van der Waals surface area contributed by atoms with Crippen LogP contribution in [0.4, 0.5) is 0 Å². The van der Waals surface area contributed by atoms with Crippen molar-refractivity contribution in [2.24, 2.45) is 7.05 Å². The molecule has 2 aromatic rings. The second-order valence-corrected chi connectivity index (χ2v) is 3.80. The van der Waals surface area contributed by atoms with Gasteiger partial charge in [0.25, 0.3) is 0 Å². The maximum Gasteiger partial charge on any atom is 0.162 e. The lowest BCUT2D eigenvalue weighted by atomic mass is 10.1. The van der Waals surface area contributed by atoms with Crippen molar-refractivity contribution in [3.8, 4) is 5.75 Å². The number of rotatable bonds is 4. The average Bonchev–Trinajstić information content (AvgIpc) is 2.71. The Balaban J connectivity index is 2.20. The second-order valence-electron chi connectivity index (χ2n) is 3.80. The van der Waals surface area contributed by atoms with Gasteiger partial charge in [0.05, 0.1) is 13.3 Å². The summed E-state index contributed by atoms with van der Waals surface area (Å²) in [6.45, 7) is 0.